The second kappa shape index (κ2) is 7.53. The summed E-state index contributed by atoms with van der Waals surface area (Å²) < 4.78 is 0. The largest absolute Gasteiger partial charge is 0.481 e. The molecule has 1 aromatic rings. The lowest BCUT2D eigenvalue weighted by atomic mass is 10.2. The maximum absolute atomic E-state index is 11.8. The average Bonchev–Trinajstić information content (AvgIpc) is 2.34. The van der Waals surface area contributed by atoms with Crippen LogP contribution in [0.3, 0.4) is 0 Å². The van der Waals surface area contributed by atoms with Crippen molar-refractivity contribution in [1.29, 1.82) is 0 Å². The van der Waals surface area contributed by atoms with E-state index in [1.54, 1.807) is 4.90 Å². The molecule has 0 bridgehead atoms. The minimum atomic E-state index is -0.869. The number of amides is 1. The van der Waals surface area contributed by atoms with Gasteiger partial charge in [0.1, 0.15) is 0 Å². The third kappa shape index (κ3) is 5.73. The number of hydrogen-bond donors (Lipinski definition) is 2. The SMILES string of the molecule is Cc1ccc(N(CCC(=O)O)CC(=O)NC(C)C)cc1. The van der Waals surface area contributed by atoms with Crippen molar-refractivity contribution in [3.05, 3.63) is 29.8 Å². The summed E-state index contributed by atoms with van der Waals surface area (Å²) in [6, 6.07) is 7.77. The van der Waals surface area contributed by atoms with Crippen molar-refractivity contribution in [3.63, 3.8) is 0 Å². The fraction of sp³-hybridized carbons (Fsp3) is 0.467. The van der Waals surface area contributed by atoms with Crippen LogP contribution in [0.15, 0.2) is 24.3 Å². The standard InChI is InChI=1S/C15H22N2O3/c1-11(2)16-14(18)10-17(9-8-15(19)20)13-6-4-12(3)5-7-13/h4-7,11H,8-10H2,1-3H3,(H,16,18)(H,19,20). The Morgan fingerprint density at radius 2 is 1.85 bits per heavy atom. The molecule has 0 atom stereocenters. The molecule has 2 N–H and O–H groups in total. The number of carbonyl (C=O) groups excluding carboxylic acids is 1. The van der Waals surface area contributed by atoms with E-state index < -0.39 is 5.97 Å². The van der Waals surface area contributed by atoms with Gasteiger partial charge in [-0.1, -0.05) is 17.7 Å². The Labute approximate surface area is 119 Å². The maximum Gasteiger partial charge on any atom is 0.305 e. The molecule has 0 saturated heterocycles. The van der Waals surface area contributed by atoms with Crippen molar-refractivity contribution < 1.29 is 14.7 Å². The minimum Gasteiger partial charge on any atom is -0.481 e. The molecule has 0 saturated carbocycles. The molecular weight excluding hydrogens is 256 g/mol. The second-order valence-electron chi connectivity index (χ2n) is 5.12. The Morgan fingerprint density at radius 3 is 2.35 bits per heavy atom. The highest BCUT2D eigenvalue weighted by Gasteiger charge is 2.13. The molecule has 0 aliphatic heterocycles. The van der Waals surface area contributed by atoms with Gasteiger partial charge in [-0.2, -0.15) is 0 Å². The van der Waals surface area contributed by atoms with Gasteiger partial charge in [-0.15, -0.1) is 0 Å². The lowest BCUT2D eigenvalue weighted by Crippen LogP contribution is -2.41. The molecule has 0 aliphatic rings. The highest BCUT2D eigenvalue weighted by molar-refractivity contribution is 5.81. The van der Waals surface area contributed by atoms with Gasteiger partial charge in [0.2, 0.25) is 5.91 Å². The molecule has 20 heavy (non-hydrogen) atoms. The van der Waals surface area contributed by atoms with Crippen LogP contribution in [0.25, 0.3) is 0 Å². The number of aliphatic carboxylic acids is 1. The first-order valence-corrected chi connectivity index (χ1v) is 6.71. The van der Waals surface area contributed by atoms with E-state index in [-0.39, 0.29) is 24.9 Å². The van der Waals surface area contributed by atoms with Gasteiger partial charge in [0.05, 0.1) is 13.0 Å². The zero-order valence-corrected chi connectivity index (χ0v) is 12.2. The highest BCUT2D eigenvalue weighted by atomic mass is 16.4. The van der Waals surface area contributed by atoms with Crippen LogP contribution in [-0.2, 0) is 9.59 Å². The van der Waals surface area contributed by atoms with Crippen molar-refractivity contribution in [3.8, 4) is 0 Å². The first-order valence-electron chi connectivity index (χ1n) is 6.71. The fourth-order valence-corrected chi connectivity index (χ4v) is 1.83. The van der Waals surface area contributed by atoms with E-state index in [0.29, 0.717) is 6.54 Å². The molecule has 0 spiro atoms. The van der Waals surface area contributed by atoms with Crippen LogP contribution in [-0.4, -0.2) is 36.1 Å². The van der Waals surface area contributed by atoms with Gasteiger partial charge < -0.3 is 15.3 Å². The van der Waals surface area contributed by atoms with Crippen molar-refractivity contribution in [1.82, 2.24) is 5.32 Å². The number of anilines is 1. The molecule has 1 rings (SSSR count). The van der Waals surface area contributed by atoms with Crippen LogP contribution in [0.1, 0.15) is 25.8 Å². The highest BCUT2D eigenvalue weighted by Crippen LogP contribution is 2.15. The van der Waals surface area contributed by atoms with E-state index in [2.05, 4.69) is 5.32 Å². The molecule has 0 heterocycles. The lowest BCUT2D eigenvalue weighted by molar-refractivity contribution is -0.136. The third-order valence-electron chi connectivity index (χ3n) is 2.78. The van der Waals surface area contributed by atoms with Gasteiger partial charge in [-0.3, -0.25) is 9.59 Å². The van der Waals surface area contributed by atoms with Gasteiger partial charge in [-0.25, -0.2) is 0 Å². The van der Waals surface area contributed by atoms with Crippen LogP contribution < -0.4 is 10.2 Å². The lowest BCUT2D eigenvalue weighted by Gasteiger charge is -2.24. The topological polar surface area (TPSA) is 69.6 Å². The molecule has 0 aromatic heterocycles. The van der Waals surface area contributed by atoms with Crippen LogP contribution in [0.4, 0.5) is 5.69 Å². The average molecular weight is 278 g/mol. The van der Waals surface area contributed by atoms with E-state index in [1.807, 2.05) is 45.0 Å². The Bertz CT molecular complexity index is 455. The Hall–Kier alpha value is -2.04. The molecule has 0 radical (unpaired) electrons. The Morgan fingerprint density at radius 1 is 1.25 bits per heavy atom. The Kier molecular flexibility index (Phi) is 6.03. The van der Waals surface area contributed by atoms with Gasteiger partial charge in [0, 0.05) is 18.3 Å². The molecule has 110 valence electrons. The van der Waals surface area contributed by atoms with Crippen LogP contribution >= 0.6 is 0 Å². The number of aryl methyl sites for hydroxylation is 1. The molecular formula is C15H22N2O3. The molecule has 5 nitrogen and oxygen atoms in total. The molecule has 5 heteroatoms. The predicted molar refractivity (Wildman–Crippen MR) is 78.9 cm³/mol. The number of carboxylic acid groups (broad SMARTS) is 1. The summed E-state index contributed by atoms with van der Waals surface area (Å²) in [5.41, 5.74) is 1.98. The van der Waals surface area contributed by atoms with Gasteiger partial charge in [-0.05, 0) is 32.9 Å². The summed E-state index contributed by atoms with van der Waals surface area (Å²) in [6.45, 7) is 6.24. The number of rotatable bonds is 7. The van der Waals surface area contributed by atoms with E-state index >= 15 is 0 Å². The van der Waals surface area contributed by atoms with E-state index in [4.69, 9.17) is 5.11 Å². The summed E-state index contributed by atoms with van der Waals surface area (Å²) in [4.78, 5) is 24.4. The van der Waals surface area contributed by atoms with Crippen LogP contribution in [0, 0.1) is 6.92 Å². The summed E-state index contributed by atoms with van der Waals surface area (Å²) in [7, 11) is 0. The second-order valence-corrected chi connectivity index (χ2v) is 5.12. The third-order valence-corrected chi connectivity index (χ3v) is 2.78. The van der Waals surface area contributed by atoms with Crippen molar-refractivity contribution in [2.24, 2.45) is 0 Å². The van der Waals surface area contributed by atoms with Crippen molar-refractivity contribution >= 4 is 17.6 Å². The minimum absolute atomic E-state index is 0.00281. The number of nitrogens with one attached hydrogen (secondary N) is 1. The van der Waals surface area contributed by atoms with Gasteiger partial charge in [0.25, 0.3) is 0 Å². The normalized spacial score (nSPS) is 10.4. The number of carboxylic acids is 1. The fourth-order valence-electron chi connectivity index (χ4n) is 1.83. The molecule has 0 unspecified atom stereocenters. The molecule has 1 aromatic carbocycles. The predicted octanol–water partition coefficient (Wildman–Crippen LogP) is 1.80. The summed E-state index contributed by atoms with van der Waals surface area (Å²) in [6.07, 6.45) is 0.00281. The van der Waals surface area contributed by atoms with E-state index in [1.165, 1.54) is 0 Å². The molecule has 0 fully saturated rings. The molecule has 0 aliphatic carbocycles. The quantitative estimate of drug-likeness (QED) is 0.798. The zero-order valence-electron chi connectivity index (χ0n) is 12.2. The first kappa shape index (κ1) is 16.0. The number of hydrogen-bond acceptors (Lipinski definition) is 3. The Balaban J connectivity index is 2.76. The van der Waals surface area contributed by atoms with E-state index in [0.717, 1.165) is 11.3 Å². The van der Waals surface area contributed by atoms with Crippen molar-refractivity contribution in [2.75, 3.05) is 18.0 Å². The first-order chi connectivity index (χ1) is 9.38. The van der Waals surface area contributed by atoms with E-state index in [9.17, 15) is 9.59 Å². The zero-order chi connectivity index (χ0) is 15.1. The monoisotopic (exact) mass is 278 g/mol. The number of benzene rings is 1. The maximum atomic E-state index is 11.8. The van der Waals surface area contributed by atoms with Gasteiger partial charge >= 0.3 is 5.97 Å². The van der Waals surface area contributed by atoms with Crippen molar-refractivity contribution in [2.45, 2.75) is 33.2 Å². The number of carbonyl (C=O) groups is 2. The summed E-state index contributed by atoms with van der Waals surface area (Å²) >= 11 is 0. The van der Waals surface area contributed by atoms with Gasteiger partial charge in [0.15, 0.2) is 0 Å². The summed E-state index contributed by atoms with van der Waals surface area (Å²) in [5.74, 6) is -0.975. The van der Waals surface area contributed by atoms with Crippen LogP contribution in [0.5, 0.6) is 0 Å². The van der Waals surface area contributed by atoms with Crippen LogP contribution in [0.2, 0.25) is 0 Å². The smallest absolute Gasteiger partial charge is 0.305 e. The summed E-state index contributed by atoms with van der Waals surface area (Å²) in [5, 5.41) is 11.6. The molecule has 1 amide bonds. The number of nitrogens with zero attached hydrogens (tertiary/aromatic N) is 1.